The molecule has 0 radical (unpaired) electrons. The third kappa shape index (κ3) is 1.30. The van der Waals surface area contributed by atoms with Crippen molar-refractivity contribution in [2.75, 3.05) is 24.6 Å². The number of nitrogens with one attached hydrogen (secondary N) is 1. The van der Waals surface area contributed by atoms with Crippen molar-refractivity contribution in [3.8, 4) is 0 Å². The Morgan fingerprint density at radius 3 is 2.81 bits per heavy atom. The van der Waals surface area contributed by atoms with Gasteiger partial charge in [-0.05, 0) is 25.1 Å². The first-order valence-electron chi connectivity index (χ1n) is 5.55. The molecule has 16 heavy (non-hydrogen) atoms. The van der Waals surface area contributed by atoms with Crippen molar-refractivity contribution >= 4 is 11.8 Å². The summed E-state index contributed by atoms with van der Waals surface area (Å²) in [5.74, 6) is 0. The number of para-hydroxylation sites is 1. The first-order valence-corrected chi connectivity index (χ1v) is 5.55. The van der Waals surface area contributed by atoms with Crippen LogP contribution in [0.2, 0.25) is 0 Å². The number of hydrogen-bond donors (Lipinski definition) is 1. The molecule has 1 spiro atoms. The minimum atomic E-state index is -0.227. The quantitative estimate of drug-likeness (QED) is 0.774. The van der Waals surface area contributed by atoms with E-state index < -0.39 is 0 Å². The number of anilines is 1. The molecule has 0 saturated carbocycles. The van der Waals surface area contributed by atoms with Crippen molar-refractivity contribution in [3.05, 3.63) is 30.3 Å². The topological polar surface area (TPSA) is 41.6 Å². The molecular weight excluding hydrogens is 204 g/mol. The summed E-state index contributed by atoms with van der Waals surface area (Å²) in [5, 5.41) is 3.30. The van der Waals surface area contributed by atoms with Crippen molar-refractivity contribution in [2.45, 2.75) is 12.0 Å². The van der Waals surface area contributed by atoms with Crippen LogP contribution in [-0.2, 0) is 4.74 Å². The second-order valence-corrected chi connectivity index (χ2v) is 4.38. The molecule has 2 aliphatic heterocycles. The molecule has 1 aromatic carbocycles. The van der Waals surface area contributed by atoms with E-state index in [0.29, 0.717) is 6.61 Å². The van der Waals surface area contributed by atoms with Crippen LogP contribution < -0.4 is 10.2 Å². The first kappa shape index (κ1) is 9.66. The molecule has 2 aliphatic rings. The number of carbonyl (C=O) groups is 1. The summed E-state index contributed by atoms with van der Waals surface area (Å²) in [7, 11) is 0. The highest BCUT2D eigenvalue weighted by Gasteiger charge is 2.49. The second kappa shape index (κ2) is 3.49. The molecule has 2 saturated heterocycles. The van der Waals surface area contributed by atoms with E-state index in [2.05, 4.69) is 5.32 Å². The molecule has 84 valence electrons. The van der Waals surface area contributed by atoms with Crippen LogP contribution >= 0.6 is 0 Å². The van der Waals surface area contributed by atoms with E-state index in [1.807, 2.05) is 30.3 Å². The predicted octanol–water partition coefficient (Wildman–Crippen LogP) is 1.38. The van der Waals surface area contributed by atoms with Gasteiger partial charge in [0, 0.05) is 12.2 Å². The van der Waals surface area contributed by atoms with Gasteiger partial charge in [0.1, 0.15) is 6.61 Å². The normalized spacial score (nSPS) is 28.8. The monoisotopic (exact) mass is 218 g/mol. The number of hydrogen-bond acceptors (Lipinski definition) is 3. The number of nitrogens with zero attached hydrogens (tertiary/aromatic N) is 1. The van der Waals surface area contributed by atoms with Gasteiger partial charge in [0.15, 0.2) is 0 Å². The van der Waals surface area contributed by atoms with Gasteiger partial charge in [0.2, 0.25) is 0 Å². The van der Waals surface area contributed by atoms with Crippen LogP contribution in [-0.4, -0.2) is 31.3 Å². The Morgan fingerprint density at radius 1 is 1.31 bits per heavy atom. The summed E-state index contributed by atoms with van der Waals surface area (Å²) >= 11 is 0. The Morgan fingerprint density at radius 2 is 2.12 bits per heavy atom. The Bertz CT molecular complexity index is 399. The Balaban J connectivity index is 2.00. The number of ether oxygens (including phenoxy) is 1. The van der Waals surface area contributed by atoms with Crippen molar-refractivity contribution in [3.63, 3.8) is 0 Å². The lowest BCUT2D eigenvalue weighted by Crippen LogP contribution is -2.49. The van der Waals surface area contributed by atoms with Crippen molar-refractivity contribution < 1.29 is 9.53 Å². The van der Waals surface area contributed by atoms with E-state index >= 15 is 0 Å². The van der Waals surface area contributed by atoms with Crippen LogP contribution in [0.15, 0.2) is 30.3 Å². The van der Waals surface area contributed by atoms with E-state index in [-0.39, 0.29) is 11.6 Å². The maximum atomic E-state index is 11.8. The third-order valence-corrected chi connectivity index (χ3v) is 3.36. The molecule has 4 heteroatoms. The fourth-order valence-corrected chi connectivity index (χ4v) is 2.52. The Labute approximate surface area is 94.2 Å². The zero-order chi connectivity index (χ0) is 11.0. The maximum absolute atomic E-state index is 11.8. The highest BCUT2D eigenvalue weighted by atomic mass is 16.6. The lowest BCUT2D eigenvalue weighted by Gasteiger charge is -2.30. The van der Waals surface area contributed by atoms with Gasteiger partial charge in [-0.25, -0.2) is 4.79 Å². The molecule has 2 heterocycles. The zero-order valence-electron chi connectivity index (χ0n) is 8.98. The van der Waals surface area contributed by atoms with Gasteiger partial charge in [0.05, 0.1) is 5.54 Å². The van der Waals surface area contributed by atoms with E-state index in [9.17, 15) is 4.79 Å². The average Bonchev–Trinajstić information content (AvgIpc) is 2.90. The smallest absolute Gasteiger partial charge is 0.415 e. The molecule has 0 bridgehead atoms. The van der Waals surface area contributed by atoms with Crippen molar-refractivity contribution in [1.82, 2.24) is 5.32 Å². The van der Waals surface area contributed by atoms with Crippen LogP contribution in [0.25, 0.3) is 0 Å². The van der Waals surface area contributed by atoms with Crippen LogP contribution in [0, 0.1) is 0 Å². The number of carbonyl (C=O) groups excluding carboxylic acids is 1. The van der Waals surface area contributed by atoms with Crippen LogP contribution in [0.4, 0.5) is 10.5 Å². The number of rotatable bonds is 1. The molecule has 0 aromatic heterocycles. The molecule has 1 aromatic rings. The molecule has 0 aliphatic carbocycles. The van der Waals surface area contributed by atoms with Gasteiger partial charge in [0.25, 0.3) is 0 Å². The van der Waals surface area contributed by atoms with Crippen LogP contribution in [0.3, 0.4) is 0 Å². The number of amides is 1. The standard InChI is InChI=1S/C12H14N2O2/c15-11-14(10-4-2-1-3-5-10)12(9-16-11)6-7-13-8-12/h1-5,13H,6-9H2. The minimum absolute atomic E-state index is 0.168. The fourth-order valence-electron chi connectivity index (χ4n) is 2.52. The largest absolute Gasteiger partial charge is 0.447 e. The fraction of sp³-hybridized carbons (Fsp3) is 0.417. The van der Waals surface area contributed by atoms with E-state index in [4.69, 9.17) is 4.74 Å². The molecular formula is C12H14N2O2. The van der Waals surface area contributed by atoms with Crippen LogP contribution in [0.5, 0.6) is 0 Å². The van der Waals surface area contributed by atoms with Gasteiger partial charge in [-0.3, -0.25) is 4.90 Å². The number of benzene rings is 1. The number of cyclic esters (lactones) is 1. The highest BCUT2D eigenvalue weighted by molar-refractivity contribution is 5.91. The summed E-state index contributed by atoms with van der Waals surface area (Å²) in [6, 6.07) is 9.73. The van der Waals surface area contributed by atoms with Crippen molar-refractivity contribution in [1.29, 1.82) is 0 Å². The van der Waals surface area contributed by atoms with E-state index in [0.717, 1.165) is 25.2 Å². The van der Waals surface area contributed by atoms with Gasteiger partial charge >= 0.3 is 6.09 Å². The highest BCUT2D eigenvalue weighted by Crippen LogP contribution is 2.34. The summed E-state index contributed by atoms with van der Waals surface area (Å²) in [6.45, 7) is 2.25. The lowest BCUT2D eigenvalue weighted by molar-refractivity contribution is 0.174. The minimum Gasteiger partial charge on any atom is -0.447 e. The molecule has 1 N–H and O–H groups in total. The zero-order valence-corrected chi connectivity index (χ0v) is 8.98. The molecule has 3 rings (SSSR count). The Hall–Kier alpha value is -1.55. The molecule has 4 nitrogen and oxygen atoms in total. The van der Waals surface area contributed by atoms with E-state index in [1.165, 1.54) is 0 Å². The van der Waals surface area contributed by atoms with Crippen LogP contribution in [0.1, 0.15) is 6.42 Å². The average molecular weight is 218 g/mol. The predicted molar refractivity (Wildman–Crippen MR) is 60.5 cm³/mol. The summed E-state index contributed by atoms with van der Waals surface area (Å²) in [6.07, 6.45) is 0.725. The second-order valence-electron chi connectivity index (χ2n) is 4.38. The molecule has 1 amide bonds. The summed E-state index contributed by atoms with van der Waals surface area (Å²) in [5.41, 5.74) is 0.757. The third-order valence-electron chi connectivity index (χ3n) is 3.36. The summed E-state index contributed by atoms with van der Waals surface area (Å²) < 4.78 is 5.20. The maximum Gasteiger partial charge on any atom is 0.415 e. The first-order chi connectivity index (χ1) is 7.82. The molecule has 1 unspecified atom stereocenters. The SMILES string of the molecule is O=C1OCC2(CCNC2)N1c1ccccc1. The molecule has 1 atom stereocenters. The van der Waals surface area contributed by atoms with E-state index in [1.54, 1.807) is 4.90 Å². The summed E-state index contributed by atoms with van der Waals surface area (Å²) in [4.78, 5) is 13.6. The molecule has 2 fully saturated rings. The van der Waals surface area contributed by atoms with Gasteiger partial charge in [-0.1, -0.05) is 18.2 Å². The van der Waals surface area contributed by atoms with Gasteiger partial charge in [-0.2, -0.15) is 0 Å². The van der Waals surface area contributed by atoms with Gasteiger partial charge in [-0.15, -0.1) is 0 Å². The Kier molecular flexibility index (Phi) is 2.11. The van der Waals surface area contributed by atoms with Gasteiger partial charge < -0.3 is 10.1 Å². The van der Waals surface area contributed by atoms with Crippen molar-refractivity contribution in [2.24, 2.45) is 0 Å². The lowest BCUT2D eigenvalue weighted by atomic mass is 9.98.